The van der Waals surface area contributed by atoms with E-state index in [-0.39, 0.29) is 66.0 Å². The van der Waals surface area contributed by atoms with Gasteiger partial charge in [-0.25, -0.2) is 4.79 Å². The summed E-state index contributed by atoms with van der Waals surface area (Å²) in [5, 5.41) is 11.4. The first kappa shape index (κ1) is 18.9. The van der Waals surface area contributed by atoms with E-state index in [0.29, 0.717) is 11.3 Å². The molecule has 0 atom stereocenters. The van der Waals surface area contributed by atoms with Gasteiger partial charge in [0, 0.05) is 5.69 Å². The van der Waals surface area contributed by atoms with E-state index in [4.69, 9.17) is 9.84 Å². The van der Waals surface area contributed by atoms with Gasteiger partial charge in [0.2, 0.25) is 0 Å². The molecule has 0 aliphatic heterocycles. The molecule has 0 saturated heterocycles. The van der Waals surface area contributed by atoms with Gasteiger partial charge in [0.15, 0.2) is 0 Å². The number of hydrogen-bond acceptors (Lipinski definition) is 4. The normalized spacial score (nSPS) is 9.45. The SMILES string of the molecule is O=C(O)CNc1ccccc1C(=O)OCc1ccccc1.[H-].[K+]. The minimum atomic E-state index is -0.998. The molecule has 0 bridgehead atoms. The third-order valence-corrected chi connectivity index (χ3v) is 2.79. The molecule has 2 aromatic carbocycles. The maximum Gasteiger partial charge on any atom is 1.00 e. The average molecular weight is 325 g/mol. The fourth-order valence-corrected chi connectivity index (χ4v) is 1.79. The van der Waals surface area contributed by atoms with Crippen molar-refractivity contribution in [1.82, 2.24) is 0 Å². The van der Waals surface area contributed by atoms with Gasteiger partial charge in [0.05, 0.1) is 5.56 Å². The third-order valence-electron chi connectivity index (χ3n) is 2.79. The van der Waals surface area contributed by atoms with Gasteiger partial charge in [-0.15, -0.1) is 0 Å². The predicted octanol–water partition coefficient (Wildman–Crippen LogP) is -0.343. The van der Waals surface area contributed by atoms with Gasteiger partial charge < -0.3 is 16.6 Å². The number of carbonyl (C=O) groups is 2. The number of carboxylic acid groups (broad SMARTS) is 1. The van der Waals surface area contributed by atoms with Crippen molar-refractivity contribution in [2.45, 2.75) is 6.61 Å². The van der Waals surface area contributed by atoms with Gasteiger partial charge >= 0.3 is 63.3 Å². The quantitative estimate of drug-likeness (QED) is 0.561. The van der Waals surface area contributed by atoms with Gasteiger partial charge in [-0.1, -0.05) is 42.5 Å². The van der Waals surface area contributed by atoms with Crippen LogP contribution < -0.4 is 56.7 Å². The van der Waals surface area contributed by atoms with Crippen LogP contribution in [0.4, 0.5) is 5.69 Å². The number of carboxylic acids is 1. The number of aliphatic carboxylic acids is 1. The Morgan fingerprint density at radius 2 is 1.68 bits per heavy atom. The van der Waals surface area contributed by atoms with E-state index in [2.05, 4.69) is 5.32 Å². The maximum atomic E-state index is 12.1. The molecule has 0 aromatic heterocycles. The molecule has 0 unspecified atom stereocenters. The molecular weight excluding hydrogens is 309 g/mol. The minimum Gasteiger partial charge on any atom is -1.00 e. The Balaban J connectivity index is 0.00000242. The molecule has 0 spiro atoms. The maximum absolute atomic E-state index is 12.1. The van der Waals surface area contributed by atoms with Gasteiger partial charge in [-0.3, -0.25) is 4.79 Å². The van der Waals surface area contributed by atoms with Gasteiger partial charge in [0.1, 0.15) is 13.2 Å². The van der Waals surface area contributed by atoms with Crippen LogP contribution in [0.15, 0.2) is 54.6 Å². The van der Waals surface area contributed by atoms with Gasteiger partial charge in [-0.05, 0) is 17.7 Å². The van der Waals surface area contributed by atoms with Gasteiger partial charge in [0.25, 0.3) is 0 Å². The van der Waals surface area contributed by atoms with E-state index in [1.54, 1.807) is 24.3 Å². The summed E-state index contributed by atoms with van der Waals surface area (Å²) in [6, 6.07) is 16.0. The van der Waals surface area contributed by atoms with Crippen LogP contribution in [0.2, 0.25) is 0 Å². The number of para-hydroxylation sites is 1. The van der Waals surface area contributed by atoms with Gasteiger partial charge in [-0.2, -0.15) is 0 Å². The first-order valence-corrected chi connectivity index (χ1v) is 6.42. The molecule has 0 fully saturated rings. The monoisotopic (exact) mass is 325 g/mol. The van der Waals surface area contributed by atoms with E-state index in [0.717, 1.165) is 5.56 Å². The Hall–Kier alpha value is -1.18. The summed E-state index contributed by atoms with van der Waals surface area (Å²) in [5.74, 6) is -1.49. The fraction of sp³-hybridized carbons (Fsp3) is 0.125. The van der Waals surface area contributed by atoms with Crippen LogP contribution >= 0.6 is 0 Å². The van der Waals surface area contributed by atoms with Crippen molar-refractivity contribution in [3.8, 4) is 0 Å². The summed E-state index contributed by atoms with van der Waals surface area (Å²) in [4.78, 5) is 22.7. The molecule has 0 aliphatic rings. The number of benzene rings is 2. The second-order valence-electron chi connectivity index (χ2n) is 4.35. The average Bonchev–Trinajstić information content (AvgIpc) is 2.52. The zero-order chi connectivity index (χ0) is 15.1. The number of nitrogens with one attached hydrogen (secondary N) is 1. The Labute approximate surface area is 172 Å². The van der Waals surface area contributed by atoms with E-state index in [1.807, 2.05) is 30.3 Å². The van der Waals surface area contributed by atoms with E-state index in [9.17, 15) is 9.59 Å². The number of hydrogen-bond donors (Lipinski definition) is 2. The van der Waals surface area contributed by atoms with Crippen LogP contribution in [-0.2, 0) is 16.1 Å². The predicted molar refractivity (Wildman–Crippen MR) is 79.2 cm³/mol. The summed E-state index contributed by atoms with van der Waals surface area (Å²) in [6.07, 6.45) is 0. The molecule has 0 saturated carbocycles. The van der Waals surface area contributed by atoms with Crippen molar-refractivity contribution < 1.29 is 72.2 Å². The first-order valence-electron chi connectivity index (χ1n) is 6.42. The van der Waals surface area contributed by atoms with E-state index >= 15 is 0 Å². The number of esters is 1. The van der Waals surface area contributed by atoms with Crippen molar-refractivity contribution in [2.75, 3.05) is 11.9 Å². The zero-order valence-electron chi connectivity index (χ0n) is 13.3. The van der Waals surface area contributed by atoms with Crippen LogP contribution in [0.25, 0.3) is 0 Å². The van der Waals surface area contributed by atoms with Crippen molar-refractivity contribution in [1.29, 1.82) is 0 Å². The standard InChI is InChI=1S/C16H15NO4.K.H/c18-15(19)10-17-14-9-5-4-8-13(14)16(20)21-11-12-6-2-1-3-7-12;;/h1-9,17H,10-11H2,(H,18,19);;/q;+1;-1. The van der Waals surface area contributed by atoms with Crippen LogP contribution in [0, 0.1) is 0 Å². The molecule has 5 nitrogen and oxygen atoms in total. The molecule has 0 heterocycles. The Kier molecular flexibility index (Phi) is 8.37. The Morgan fingerprint density at radius 3 is 2.36 bits per heavy atom. The molecule has 2 N–H and O–H groups in total. The zero-order valence-corrected chi connectivity index (χ0v) is 15.4. The first-order chi connectivity index (χ1) is 10.2. The summed E-state index contributed by atoms with van der Waals surface area (Å²) < 4.78 is 5.24. The largest absolute Gasteiger partial charge is 1.00 e. The molecule has 2 rings (SSSR count). The Bertz CT molecular complexity index is 637. The van der Waals surface area contributed by atoms with E-state index in [1.165, 1.54) is 0 Å². The van der Waals surface area contributed by atoms with Crippen molar-refractivity contribution in [3.05, 3.63) is 65.7 Å². The summed E-state index contributed by atoms with van der Waals surface area (Å²) in [6.45, 7) is -0.0874. The second kappa shape index (κ2) is 9.76. The van der Waals surface area contributed by atoms with Crippen molar-refractivity contribution >= 4 is 17.6 Å². The molecule has 0 aliphatic carbocycles. The minimum absolute atomic E-state index is 0. The topological polar surface area (TPSA) is 75.6 Å². The van der Waals surface area contributed by atoms with Crippen molar-refractivity contribution in [3.63, 3.8) is 0 Å². The van der Waals surface area contributed by atoms with Crippen LogP contribution in [0.3, 0.4) is 0 Å². The molecule has 110 valence electrons. The molecule has 6 heteroatoms. The second-order valence-corrected chi connectivity index (χ2v) is 4.35. The number of carbonyl (C=O) groups excluding carboxylic acids is 1. The summed E-state index contributed by atoms with van der Waals surface area (Å²) >= 11 is 0. The summed E-state index contributed by atoms with van der Waals surface area (Å²) in [7, 11) is 0. The van der Waals surface area contributed by atoms with Crippen LogP contribution in [0.5, 0.6) is 0 Å². The smallest absolute Gasteiger partial charge is 1.00 e. The van der Waals surface area contributed by atoms with E-state index < -0.39 is 11.9 Å². The third kappa shape index (κ3) is 5.90. The Morgan fingerprint density at radius 1 is 1.05 bits per heavy atom. The molecule has 22 heavy (non-hydrogen) atoms. The number of rotatable bonds is 6. The number of anilines is 1. The fourth-order valence-electron chi connectivity index (χ4n) is 1.79. The summed E-state index contributed by atoms with van der Waals surface area (Å²) in [5.41, 5.74) is 1.65. The number of ether oxygens (including phenoxy) is 1. The molecular formula is C16H16KNO4. The molecule has 0 radical (unpaired) electrons. The van der Waals surface area contributed by atoms with Crippen LogP contribution in [-0.4, -0.2) is 23.6 Å². The molecule has 2 aromatic rings. The van der Waals surface area contributed by atoms with Crippen molar-refractivity contribution in [2.24, 2.45) is 0 Å². The molecule has 0 amide bonds. The van der Waals surface area contributed by atoms with Crippen LogP contribution in [0.1, 0.15) is 17.3 Å².